The summed E-state index contributed by atoms with van der Waals surface area (Å²) >= 11 is 3.24. The van der Waals surface area contributed by atoms with Crippen molar-refractivity contribution < 1.29 is 23.5 Å². The highest BCUT2D eigenvalue weighted by molar-refractivity contribution is 9.10. The van der Waals surface area contributed by atoms with Crippen molar-refractivity contribution in [2.24, 2.45) is 5.73 Å². The molecule has 1 aromatic carbocycles. The second-order valence-corrected chi connectivity index (χ2v) is 5.24. The van der Waals surface area contributed by atoms with Crippen LogP contribution in [0.5, 0.6) is 0 Å². The van der Waals surface area contributed by atoms with Crippen LogP contribution in [0.1, 0.15) is 32.3 Å². The molecule has 22 heavy (non-hydrogen) atoms. The molecule has 0 heterocycles. The highest BCUT2D eigenvalue weighted by Gasteiger charge is 2.06. The van der Waals surface area contributed by atoms with E-state index in [1.54, 1.807) is 13.0 Å². The maximum absolute atomic E-state index is 12.7. The van der Waals surface area contributed by atoms with Gasteiger partial charge in [0.15, 0.2) is 0 Å². The molecule has 0 saturated heterocycles. The van der Waals surface area contributed by atoms with E-state index in [9.17, 15) is 18.8 Å². The van der Waals surface area contributed by atoms with Crippen molar-refractivity contribution in [2.75, 3.05) is 6.61 Å². The van der Waals surface area contributed by atoms with E-state index in [0.717, 1.165) is 5.56 Å². The molecule has 122 valence electrons. The fourth-order valence-electron chi connectivity index (χ4n) is 1.44. The number of nitrogens with two attached hydrogens (primary N) is 1. The van der Waals surface area contributed by atoms with Gasteiger partial charge in [-0.1, -0.05) is 22.0 Å². The molecular formula is C15H19BrFNO4. The Morgan fingerprint density at radius 3 is 2.36 bits per heavy atom. The van der Waals surface area contributed by atoms with E-state index in [-0.39, 0.29) is 24.0 Å². The quantitative estimate of drug-likeness (QED) is 0.611. The lowest BCUT2D eigenvalue weighted by atomic mass is 10.1. The van der Waals surface area contributed by atoms with Gasteiger partial charge in [0.2, 0.25) is 5.91 Å². The average Bonchev–Trinajstić information content (AvgIpc) is 2.37. The van der Waals surface area contributed by atoms with Crippen LogP contribution in [0.15, 0.2) is 22.7 Å². The molecular weight excluding hydrogens is 357 g/mol. The second kappa shape index (κ2) is 10.9. The lowest BCUT2D eigenvalue weighted by Gasteiger charge is -2.04. The molecule has 7 heteroatoms. The van der Waals surface area contributed by atoms with Crippen LogP contribution in [0.25, 0.3) is 0 Å². The number of rotatable bonds is 6. The Balaban J connectivity index is 0.000000534. The van der Waals surface area contributed by atoms with Crippen LogP contribution in [-0.2, 0) is 25.5 Å². The summed E-state index contributed by atoms with van der Waals surface area (Å²) in [7, 11) is 0. The van der Waals surface area contributed by atoms with Crippen LogP contribution in [0.2, 0.25) is 0 Å². The monoisotopic (exact) mass is 375 g/mol. The molecule has 1 amide bonds. The molecule has 1 rings (SSSR count). The van der Waals surface area contributed by atoms with E-state index in [2.05, 4.69) is 21.7 Å². The minimum atomic E-state index is -0.562. The van der Waals surface area contributed by atoms with Crippen molar-refractivity contribution in [2.45, 2.75) is 33.1 Å². The van der Waals surface area contributed by atoms with Crippen LogP contribution < -0.4 is 5.73 Å². The van der Waals surface area contributed by atoms with Gasteiger partial charge < -0.3 is 10.5 Å². The maximum Gasteiger partial charge on any atom is 0.306 e. The van der Waals surface area contributed by atoms with Gasteiger partial charge in [-0.05, 0) is 38.0 Å². The van der Waals surface area contributed by atoms with Crippen molar-refractivity contribution in [1.29, 1.82) is 0 Å². The van der Waals surface area contributed by atoms with Crippen molar-refractivity contribution >= 4 is 33.6 Å². The molecule has 0 bridgehead atoms. The van der Waals surface area contributed by atoms with Crippen molar-refractivity contribution in [3.8, 4) is 0 Å². The van der Waals surface area contributed by atoms with Gasteiger partial charge in [-0.25, -0.2) is 4.39 Å². The topological polar surface area (TPSA) is 86.5 Å². The van der Waals surface area contributed by atoms with E-state index in [4.69, 9.17) is 4.74 Å². The Morgan fingerprint density at radius 1 is 1.32 bits per heavy atom. The van der Waals surface area contributed by atoms with E-state index >= 15 is 0 Å². The summed E-state index contributed by atoms with van der Waals surface area (Å²) in [5, 5.41) is 0. The molecule has 0 radical (unpaired) electrons. The van der Waals surface area contributed by atoms with Crippen LogP contribution in [0.4, 0.5) is 4.39 Å². The summed E-state index contributed by atoms with van der Waals surface area (Å²) in [5.41, 5.74) is 5.54. The predicted molar refractivity (Wildman–Crippen MR) is 83.5 cm³/mol. The van der Waals surface area contributed by atoms with Gasteiger partial charge in [-0.3, -0.25) is 14.4 Å². The number of esters is 1. The molecule has 0 unspecified atom stereocenters. The number of ether oxygens (including phenoxy) is 1. The normalized spacial score (nSPS) is 9.45. The van der Waals surface area contributed by atoms with Gasteiger partial charge in [0.1, 0.15) is 11.6 Å². The first-order valence-corrected chi connectivity index (χ1v) is 7.42. The fourth-order valence-corrected chi connectivity index (χ4v) is 1.99. The molecule has 0 atom stereocenters. The number of hydrogen-bond acceptors (Lipinski definition) is 4. The van der Waals surface area contributed by atoms with E-state index in [1.165, 1.54) is 19.1 Å². The van der Waals surface area contributed by atoms with Crippen molar-refractivity contribution in [3.05, 3.63) is 34.1 Å². The van der Waals surface area contributed by atoms with Gasteiger partial charge in [0.25, 0.3) is 0 Å². The maximum atomic E-state index is 12.7. The lowest BCUT2D eigenvalue weighted by Crippen LogP contribution is -2.13. The fraction of sp³-hybridized carbons (Fsp3) is 0.400. The number of carbonyl (C=O) groups is 3. The summed E-state index contributed by atoms with van der Waals surface area (Å²) in [6, 6.07) is 4.43. The summed E-state index contributed by atoms with van der Waals surface area (Å²) < 4.78 is 18.2. The third-order valence-electron chi connectivity index (χ3n) is 2.34. The number of Topliss-reactive ketones (excluding diaryl/α,β-unsaturated/α-hetero) is 1. The third kappa shape index (κ3) is 10.0. The van der Waals surface area contributed by atoms with Crippen molar-refractivity contribution in [3.63, 3.8) is 0 Å². The van der Waals surface area contributed by atoms with Gasteiger partial charge in [0.05, 0.1) is 13.0 Å². The number of carbonyl (C=O) groups excluding carboxylic acids is 3. The Labute approximate surface area is 137 Å². The first-order valence-electron chi connectivity index (χ1n) is 6.63. The minimum absolute atomic E-state index is 0.139. The lowest BCUT2D eigenvalue weighted by molar-refractivity contribution is -0.143. The first kappa shape index (κ1) is 20.2. The molecule has 0 aromatic heterocycles. The molecule has 0 saturated carbocycles. The predicted octanol–water partition coefficient (Wildman–Crippen LogP) is 2.53. The largest absolute Gasteiger partial charge is 0.466 e. The van der Waals surface area contributed by atoms with Crippen LogP contribution >= 0.6 is 15.9 Å². The second-order valence-electron chi connectivity index (χ2n) is 4.39. The van der Waals surface area contributed by atoms with Crippen LogP contribution in [0.3, 0.4) is 0 Å². The molecule has 0 spiro atoms. The zero-order chi connectivity index (χ0) is 17.1. The van der Waals surface area contributed by atoms with Crippen LogP contribution in [0, 0.1) is 5.82 Å². The SMILES string of the molecule is CC(=O)CC(N)=O.CCOC(=O)CCc1ccc(F)cc1Br. The standard InChI is InChI=1S/C11H12BrFO2.C4H7NO2/c1-2-15-11(14)6-4-8-3-5-9(13)7-10(8)12;1-3(6)2-4(5)7/h3,5,7H,2,4,6H2,1H3;2H2,1H3,(H2,5,7). The Kier molecular flexibility index (Phi) is 10.0. The molecule has 0 aliphatic carbocycles. The van der Waals surface area contributed by atoms with Crippen molar-refractivity contribution in [1.82, 2.24) is 0 Å². The number of hydrogen-bond donors (Lipinski definition) is 1. The van der Waals surface area contributed by atoms with E-state index < -0.39 is 5.91 Å². The average molecular weight is 376 g/mol. The smallest absolute Gasteiger partial charge is 0.306 e. The number of ketones is 1. The Hall–Kier alpha value is -1.76. The zero-order valence-corrected chi connectivity index (χ0v) is 14.1. The summed E-state index contributed by atoms with van der Waals surface area (Å²) in [5.74, 6) is -1.27. The highest BCUT2D eigenvalue weighted by Crippen LogP contribution is 2.19. The number of primary amides is 1. The zero-order valence-electron chi connectivity index (χ0n) is 12.5. The first-order chi connectivity index (χ1) is 10.3. The summed E-state index contributed by atoms with van der Waals surface area (Å²) in [6.45, 7) is 3.49. The third-order valence-corrected chi connectivity index (χ3v) is 3.08. The van der Waals surface area contributed by atoms with Gasteiger partial charge >= 0.3 is 5.97 Å². The molecule has 5 nitrogen and oxygen atoms in total. The minimum Gasteiger partial charge on any atom is -0.466 e. The summed E-state index contributed by atoms with van der Waals surface area (Å²) in [4.78, 5) is 30.8. The molecule has 0 fully saturated rings. The van der Waals surface area contributed by atoms with Gasteiger partial charge in [-0.2, -0.15) is 0 Å². The van der Waals surface area contributed by atoms with E-state index in [1.807, 2.05) is 0 Å². The molecule has 2 N–H and O–H groups in total. The van der Waals surface area contributed by atoms with Gasteiger partial charge in [-0.15, -0.1) is 0 Å². The van der Waals surface area contributed by atoms with E-state index in [0.29, 0.717) is 23.9 Å². The molecule has 1 aromatic rings. The number of benzene rings is 1. The number of halogens is 2. The Morgan fingerprint density at radius 2 is 1.95 bits per heavy atom. The van der Waals surface area contributed by atoms with Gasteiger partial charge in [0, 0.05) is 10.9 Å². The highest BCUT2D eigenvalue weighted by atomic mass is 79.9. The molecule has 0 aliphatic heterocycles. The van der Waals surface area contributed by atoms with Crippen LogP contribution in [-0.4, -0.2) is 24.3 Å². The Bertz CT molecular complexity index is 522. The number of amides is 1. The summed E-state index contributed by atoms with van der Waals surface area (Å²) in [6.07, 6.45) is 0.734. The number of aryl methyl sites for hydroxylation is 1. The molecule has 0 aliphatic rings.